The van der Waals surface area contributed by atoms with Crippen molar-refractivity contribution in [2.75, 3.05) is 24.2 Å². The molecule has 5 nitrogen and oxygen atoms in total. The Morgan fingerprint density at radius 3 is 2.70 bits per heavy atom. The van der Waals surface area contributed by atoms with Gasteiger partial charge in [-0.3, -0.25) is 9.79 Å². The zero-order chi connectivity index (χ0) is 19.1. The average molecular weight is 421 g/mol. The van der Waals surface area contributed by atoms with Crippen molar-refractivity contribution in [3.8, 4) is 0 Å². The number of amides is 1. The van der Waals surface area contributed by atoms with E-state index in [0.717, 1.165) is 22.2 Å². The second-order valence-electron chi connectivity index (χ2n) is 5.57. The van der Waals surface area contributed by atoms with Crippen LogP contribution in [0.5, 0.6) is 0 Å². The van der Waals surface area contributed by atoms with Gasteiger partial charge in [0, 0.05) is 22.2 Å². The van der Waals surface area contributed by atoms with Crippen molar-refractivity contribution in [2.45, 2.75) is 5.75 Å². The molecule has 0 saturated carbocycles. The lowest BCUT2D eigenvalue weighted by Crippen LogP contribution is -2.21. The molecular formula is C19H17ClN2O3S2. The summed E-state index contributed by atoms with van der Waals surface area (Å²) in [6.45, 7) is 0.491. The molecule has 0 spiro atoms. The van der Waals surface area contributed by atoms with E-state index in [4.69, 9.17) is 16.3 Å². The first-order valence-electron chi connectivity index (χ1n) is 8.22. The van der Waals surface area contributed by atoms with Crippen LogP contribution in [0.25, 0.3) is 0 Å². The Labute approximate surface area is 170 Å². The Hall–Kier alpha value is -1.96. The van der Waals surface area contributed by atoms with Crippen LogP contribution >= 0.6 is 35.1 Å². The van der Waals surface area contributed by atoms with Crippen LogP contribution in [0.15, 0.2) is 53.5 Å². The minimum Gasteiger partial charge on any atom is -0.452 e. The lowest BCUT2D eigenvalue weighted by Gasteiger charge is -2.10. The number of carbonyl (C=O) groups is 2. The number of benzene rings is 2. The summed E-state index contributed by atoms with van der Waals surface area (Å²) in [5.41, 5.74) is 1.92. The fourth-order valence-corrected chi connectivity index (χ4v) is 4.47. The highest BCUT2D eigenvalue weighted by atomic mass is 35.5. The summed E-state index contributed by atoms with van der Waals surface area (Å²) in [6, 6.07) is 13.9. The van der Waals surface area contributed by atoms with Gasteiger partial charge >= 0.3 is 5.97 Å². The van der Waals surface area contributed by atoms with E-state index in [2.05, 4.69) is 10.3 Å². The van der Waals surface area contributed by atoms with Crippen LogP contribution in [0.4, 0.5) is 5.69 Å². The van der Waals surface area contributed by atoms with E-state index in [1.54, 1.807) is 59.9 Å². The maximum absolute atomic E-state index is 12.4. The minimum absolute atomic E-state index is 0.356. The van der Waals surface area contributed by atoms with Crippen LogP contribution in [0, 0.1) is 0 Å². The number of hydrogen-bond acceptors (Lipinski definition) is 6. The first-order chi connectivity index (χ1) is 13.1. The van der Waals surface area contributed by atoms with Gasteiger partial charge in [0.2, 0.25) is 0 Å². The Bertz CT molecular complexity index is 856. The number of aliphatic imine (C=N–C) groups is 1. The van der Waals surface area contributed by atoms with Gasteiger partial charge < -0.3 is 10.1 Å². The smallest absolute Gasteiger partial charge is 0.338 e. The maximum Gasteiger partial charge on any atom is 0.338 e. The summed E-state index contributed by atoms with van der Waals surface area (Å²) < 4.78 is 6.22. The van der Waals surface area contributed by atoms with E-state index in [9.17, 15) is 9.59 Å². The van der Waals surface area contributed by atoms with Crippen LogP contribution in [0.1, 0.15) is 15.9 Å². The fraction of sp³-hybridized carbons (Fsp3) is 0.211. The van der Waals surface area contributed by atoms with Gasteiger partial charge in [0.05, 0.1) is 12.1 Å². The molecule has 2 aromatic rings. The number of carbonyl (C=O) groups excluding carboxylic acids is 2. The Morgan fingerprint density at radius 2 is 1.96 bits per heavy atom. The number of halogens is 1. The van der Waals surface area contributed by atoms with Gasteiger partial charge in [-0.05, 0) is 35.9 Å². The van der Waals surface area contributed by atoms with Crippen molar-refractivity contribution in [1.29, 1.82) is 0 Å². The molecule has 1 amide bonds. The molecule has 140 valence electrons. The van der Waals surface area contributed by atoms with E-state index < -0.39 is 11.9 Å². The number of nitrogens with one attached hydrogen (secondary N) is 1. The molecular weight excluding hydrogens is 404 g/mol. The van der Waals surface area contributed by atoms with E-state index in [1.165, 1.54) is 0 Å². The van der Waals surface area contributed by atoms with Crippen LogP contribution in [-0.4, -0.2) is 35.2 Å². The van der Waals surface area contributed by atoms with Gasteiger partial charge in [0.1, 0.15) is 4.38 Å². The Morgan fingerprint density at radius 1 is 1.19 bits per heavy atom. The van der Waals surface area contributed by atoms with E-state index >= 15 is 0 Å². The van der Waals surface area contributed by atoms with Crippen molar-refractivity contribution in [2.24, 2.45) is 4.99 Å². The van der Waals surface area contributed by atoms with Crippen LogP contribution in [0.2, 0.25) is 5.02 Å². The van der Waals surface area contributed by atoms with Crippen molar-refractivity contribution in [1.82, 2.24) is 0 Å². The zero-order valence-electron chi connectivity index (χ0n) is 14.3. The highest BCUT2D eigenvalue weighted by Gasteiger charge is 2.16. The topological polar surface area (TPSA) is 67.8 Å². The van der Waals surface area contributed by atoms with Gasteiger partial charge in [-0.1, -0.05) is 53.3 Å². The number of thioether (sulfide) groups is 2. The summed E-state index contributed by atoms with van der Waals surface area (Å²) in [4.78, 5) is 28.8. The molecule has 0 unspecified atom stereocenters. The summed E-state index contributed by atoms with van der Waals surface area (Å²) in [5, 5.41) is 3.23. The normalized spacial score (nSPS) is 13.1. The molecule has 1 aliphatic heterocycles. The summed E-state index contributed by atoms with van der Waals surface area (Å²) in [6.07, 6.45) is 0. The molecule has 0 saturated heterocycles. The number of nitrogens with zero attached hydrogens (tertiary/aromatic N) is 1. The number of anilines is 1. The predicted molar refractivity (Wildman–Crippen MR) is 113 cm³/mol. The Balaban J connectivity index is 1.54. The molecule has 0 aromatic heterocycles. The molecule has 0 atom stereocenters. The molecule has 1 N–H and O–H groups in total. The van der Waals surface area contributed by atoms with Crippen molar-refractivity contribution >= 4 is 57.1 Å². The maximum atomic E-state index is 12.4. The van der Waals surface area contributed by atoms with Crippen LogP contribution in [-0.2, 0) is 15.3 Å². The van der Waals surface area contributed by atoms with Gasteiger partial charge in [0.15, 0.2) is 6.61 Å². The second-order valence-corrected chi connectivity index (χ2v) is 8.32. The number of esters is 1. The monoisotopic (exact) mass is 420 g/mol. The molecule has 1 aliphatic rings. The molecule has 27 heavy (non-hydrogen) atoms. The van der Waals surface area contributed by atoms with E-state index in [-0.39, 0.29) is 6.61 Å². The van der Waals surface area contributed by atoms with Gasteiger partial charge in [0.25, 0.3) is 5.91 Å². The highest BCUT2D eigenvalue weighted by Crippen LogP contribution is 2.26. The minimum atomic E-state index is -0.515. The number of rotatable bonds is 6. The third kappa shape index (κ3) is 6.02. The summed E-state index contributed by atoms with van der Waals surface area (Å²) in [7, 11) is 0. The molecule has 1 heterocycles. The molecule has 0 fully saturated rings. The fourth-order valence-electron chi connectivity index (χ4n) is 2.33. The van der Waals surface area contributed by atoms with Gasteiger partial charge in [-0.25, -0.2) is 4.79 Å². The SMILES string of the molecule is O=C(COC(=O)c1ccccc1CSC1=NCCS1)Nc1ccc(Cl)cc1. The first-order valence-corrected chi connectivity index (χ1v) is 10.6. The molecule has 0 bridgehead atoms. The zero-order valence-corrected chi connectivity index (χ0v) is 16.7. The lowest BCUT2D eigenvalue weighted by atomic mass is 10.1. The van der Waals surface area contributed by atoms with E-state index in [0.29, 0.717) is 22.0 Å². The largest absolute Gasteiger partial charge is 0.452 e. The van der Waals surface area contributed by atoms with Crippen molar-refractivity contribution in [3.05, 3.63) is 64.7 Å². The molecule has 0 aliphatic carbocycles. The predicted octanol–water partition coefficient (Wildman–Crippen LogP) is 4.47. The van der Waals surface area contributed by atoms with Gasteiger partial charge in [-0.15, -0.1) is 0 Å². The lowest BCUT2D eigenvalue weighted by molar-refractivity contribution is -0.119. The molecule has 3 rings (SSSR count). The second kappa shape index (κ2) is 9.82. The van der Waals surface area contributed by atoms with Crippen LogP contribution < -0.4 is 5.32 Å². The van der Waals surface area contributed by atoms with Gasteiger partial charge in [-0.2, -0.15) is 0 Å². The van der Waals surface area contributed by atoms with Crippen LogP contribution in [0.3, 0.4) is 0 Å². The molecule has 8 heteroatoms. The van der Waals surface area contributed by atoms with Crippen molar-refractivity contribution < 1.29 is 14.3 Å². The Kier molecular flexibility index (Phi) is 7.20. The molecule has 0 radical (unpaired) electrons. The van der Waals surface area contributed by atoms with E-state index in [1.807, 2.05) is 12.1 Å². The third-order valence-corrected chi connectivity index (χ3v) is 6.16. The summed E-state index contributed by atoms with van der Waals surface area (Å²) >= 11 is 9.15. The quantitative estimate of drug-likeness (QED) is 0.698. The first kappa shape index (κ1) is 19.8. The standard InChI is InChI=1S/C19H17ClN2O3S2/c20-14-5-7-15(8-6-14)22-17(23)11-25-18(24)16-4-2-1-3-13(16)12-27-19-21-9-10-26-19/h1-8H,9-12H2,(H,22,23). The number of ether oxygens (including phenoxy) is 1. The average Bonchev–Trinajstić information content (AvgIpc) is 3.20. The molecule has 2 aromatic carbocycles. The van der Waals surface area contributed by atoms with Crippen molar-refractivity contribution in [3.63, 3.8) is 0 Å². The summed E-state index contributed by atoms with van der Waals surface area (Å²) in [5.74, 6) is 0.718. The third-order valence-electron chi connectivity index (χ3n) is 3.61. The number of hydrogen-bond donors (Lipinski definition) is 1. The highest BCUT2D eigenvalue weighted by molar-refractivity contribution is 8.38.